The first-order valence-corrected chi connectivity index (χ1v) is 8.93. The highest BCUT2D eigenvalue weighted by Gasteiger charge is 2.39. The largest absolute Gasteiger partial charge is 0.491 e. The van der Waals surface area contributed by atoms with Crippen LogP contribution in [-0.2, 0) is 9.59 Å². The van der Waals surface area contributed by atoms with Gasteiger partial charge in [0.25, 0.3) is 11.8 Å². The minimum atomic E-state index is -0.602. The summed E-state index contributed by atoms with van der Waals surface area (Å²) in [4.78, 5) is 26.4. The van der Waals surface area contributed by atoms with Gasteiger partial charge in [-0.15, -0.1) is 0 Å². The normalized spacial score (nSPS) is 14.6. The summed E-state index contributed by atoms with van der Waals surface area (Å²) >= 11 is 18.2. The van der Waals surface area contributed by atoms with Gasteiger partial charge in [-0.1, -0.05) is 40.9 Å². The zero-order valence-corrected chi connectivity index (χ0v) is 16.2. The Kier molecular flexibility index (Phi) is 5.28. The molecule has 1 aliphatic heterocycles. The maximum Gasteiger partial charge on any atom is 0.277 e. The fourth-order valence-corrected chi connectivity index (χ4v) is 3.38. The lowest BCUT2D eigenvalue weighted by Gasteiger charge is -2.16. The van der Waals surface area contributed by atoms with E-state index in [4.69, 9.17) is 39.5 Å². The quantitative estimate of drug-likeness (QED) is 0.642. The molecular weight excluding hydrogens is 397 g/mol. The molecule has 0 fully saturated rings. The van der Waals surface area contributed by atoms with Crippen LogP contribution in [0, 0.1) is 0 Å². The van der Waals surface area contributed by atoms with Gasteiger partial charge in [-0.2, -0.15) is 0 Å². The Labute approximate surface area is 165 Å². The number of carbonyl (C=O) groups is 2. The second-order valence-corrected chi connectivity index (χ2v) is 7.14. The lowest BCUT2D eigenvalue weighted by atomic mass is 10.1. The summed E-state index contributed by atoms with van der Waals surface area (Å²) in [5, 5.41) is 0.487. The Morgan fingerprint density at radius 3 is 2.15 bits per heavy atom. The average molecular weight is 411 g/mol. The standard InChI is InChI=1S/C19H14Cl3NO3/c1-10(2)26-13-6-4-12(5-7-13)23-18(24)16(17(22)19(23)25)14-8-3-11(20)9-15(14)21/h3-10H,1-2H3. The summed E-state index contributed by atoms with van der Waals surface area (Å²) in [6, 6.07) is 11.3. The number of hydrogen-bond acceptors (Lipinski definition) is 3. The molecule has 2 aromatic rings. The monoisotopic (exact) mass is 409 g/mol. The van der Waals surface area contributed by atoms with E-state index in [0.717, 1.165) is 4.90 Å². The van der Waals surface area contributed by atoms with Gasteiger partial charge in [0.05, 0.1) is 22.4 Å². The SMILES string of the molecule is CC(C)Oc1ccc(N2C(=O)C(Cl)=C(c3ccc(Cl)cc3Cl)C2=O)cc1. The summed E-state index contributed by atoms with van der Waals surface area (Å²) in [7, 11) is 0. The number of amides is 2. The topological polar surface area (TPSA) is 46.6 Å². The van der Waals surface area contributed by atoms with Crippen molar-refractivity contribution >= 4 is 57.9 Å². The van der Waals surface area contributed by atoms with Crippen molar-refractivity contribution in [2.24, 2.45) is 0 Å². The van der Waals surface area contributed by atoms with Gasteiger partial charge in [0.2, 0.25) is 0 Å². The molecule has 0 atom stereocenters. The summed E-state index contributed by atoms with van der Waals surface area (Å²) in [5.41, 5.74) is 0.817. The van der Waals surface area contributed by atoms with Crippen molar-refractivity contribution in [2.75, 3.05) is 4.90 Å². The highest BCUT2D eigenvalue weighted by molar-refractivity contribution is 6.60. The van der Waals surface area contributed by atoms with Crippen LogP contribution in [0.2, 0.25) is 10.0 Å². The molecule has 0 aliphatic carbocycles. The number of benzene rings is 2. The summed E-state index contributed by atoms with van der Waals surface area (Å²) < 4.78 is 5.57. The van der Waals surface area contributed by atoms with E-state index in [1.54, 1.807) is 36.4 Å². The molecule has 0 N–H and O–H groups in total. The summed E-state index contributed by atoms with van der Waals surface area (Å²) in [6.07, 6.45) is 0.0191. The zero-order chi connectivity index (χ0) is 19.0. The number of imide groups is 1. The van der Waals surface area contributed by atoms with E-state index < -0.39 is 11.8 Å². The van der Waals surface area contributed by atoms with E-state index in [2.05, 4.69) is 0 Å². The Bertz CT molecular complexity index is 920. The number of carbonyl (C=O) groups excluding carboxylic acids is 2. The third kappa shape index (κ3) is 3.45. The van der Waals surface area contributed by atoms with Gasteiger partial charge in [0.15, 0.2) is 0 Å². The van der Waals surface area contributed by atoms with Crippen molar-refractivity contribution < 1.29 is 14.3 Å². The summed E-state index contributed by atoms with van der Waals surface area (Å²) in [6.45, 7) is 3.82. The first kappa shape index (κ1) is 18.8. The van der Waals surface area contributed by atoms with Gasteiger partial charge in [-0.05, 0) is 50.2 Å². The molecule has 1 aliphatic rings. The van der Waals surface area contributed by atoms with Crippen molar-refractivity contribution in [2.45, 2.75) is 20.0 Å². The second kappa shape index (κ2) is 7.31. The van der Waals surface area contributed by atoms with Crippen molar-refractivity contribution in [3.05, 3.63) is 63.1 Å². The van der Waals surface area contributed by atoms with E-state index in [9.17, 15) is 9.59 Å². The molecule has 0 spiro atoms. The van der Waals surface area contributed by atoms with Crippen LogP contribution in [0.25, 0.3) is 5.57 Å². The highest BCUT2D eigenvalue weighted by atomic mass is 35.5. The second-order valence-electron chi connectivity index (χ2n) is 5.92. The predicted molar refractivity (Wildman–Crippen MR) is 104 cm³/mol. The fourth-order valence-electron chi connectivity index (χ4n) is 2.61. The molecule has 0 bridgehead atoms. The number of anilines is 1. The third-order valence-corrected chi connectivity index (χ3v) is 4.59. The van der Waals surface area contributed by atoms with Crippen molar-refractivity contribution in [3.63, 3.8) is 0 Å². The van der Waals surface area contributed by atoms with Gasteiger partial charge < -0.3 is 4.74 Å². The van der Waals surface area contributed by atoms with Crippen LogP contribution in [0.3, 0.4) is 0 Å². The van der Waals surface area contributed by atoms with Crippen LogP contribution in [0.4, 0.5) is 5.69 Å². The molecule has 0 radical (unpaired) electrons. The van der Waals surface area contributed by atoms with E-state index in [1.165, 1.54) is 6.07 Å². The molecule has 1 heterocycles. The minimum absolute atomic E-state index is 0.0191. The number of nitrogens with zero attached hydrogens (tertiary/aromatic N) is 1. The van der Waals surface area contributed by atoms with Crippen LogP contribution in [0.5, 0.6) is 5.75 Å². The molecule has 26 heavy (non-hydrogen) atoms. The maximum atomic E-state index is 12.9. The van der Waals surface area contributed by atoms with Crippen LogP contribution in [0.15, 0.2) is 47.5 Å². The molecule has 3 rings (SSSR count). The van der Waals surface area contributed by atoms with Crippen LogP contribution in [-0.4, -0.2) is 17.9 Å². The Hall–Kier alpha value is -2.01. The minimum Gasteiger partial charge on any atom is -0.491 e. The molecule has 0 unspecified atom stereocenters. The van der Waals surface area contributed by atoms with E-state index in [0.29, 0.717) is 22.0 Å². The molecule has 0 aromatic heterocycles. The molecule has 2 aromatic carbocycles. The Balaban J connectivity index is 1.95. The predicted octanol–water partition coefficient (Wildman–Crippen LogP) is 5.30. The van der Waals surface area contributed by atoms with Gasteiger partial charge >= 0.3 is 0 Å². The van der Waals surface area contributed by atoms with Gasteiger partial charge in [0.1, 0.15) is 10.8 Å². The Morgan fingerprint density at radius 1 is 0.923 bits per heavy atom. The van der Waals surface area contributed by atoms with Gasteiger partial charge in [-0.3, -0.25) is 9.59 Å². The van der Waals surface area contributed by atoms with E-state index in [1.807, 2.05) is 13.8 Å². The highest BCUT2D eigenvalue weighted by Crippen LogP contribution is 2.38. The number of halogens is 3. The summed E-state index contributed by atoms with van der Waals surface area (Å²) in [5.74, 6) is -0.500. The maximum absolute atomic E-state index is 12.9. The van der Waals surface area contributed by atoms with E-state index in [-0.39, 0.29) is 21.7 Å². The van der Waals surface area contributed by atoms with Crippen LogP contribution in [0.1, 0.15) is 19.4 Å². The smallest absolute Gasteiger partial charge is 0.277 e. The zero-order valence-electron chi connectivity index (χ0n) is 13.9. The van der Waals surface area contributed by atoms with Gasteiger partial charge in [-0.25, -0.2) is 4.90 Å². The van der Waals surface area contributed by atoms with Crippen molar-refractivity contribution in [3.8, 4) is 5.75 Å². The molecule has 4 nitrogen and oxygen atoms in total. The Morgan fingerprint density at radius 2 is 1.58 bits per heavy atom. The number of hydrogen-bond donors (Lipinski definition) is 0. The molecule has 0 saturated carbocycles. The molecule has 2 amide bonds. The molecule has 0 saturated heterocycles. The van der Waals surface area contributed by atoms with Crippen LogP contribution >= 0.6 is 34.8 Å². The van der Waals surface area contributed by atoms with E-state index >= 15 is 0 Å². The lowest BCUT2D eigenvalue weighted by molar-refractivity contribution is -0.119. The average Bonchev–Trinajstić information content (AvgIpc) is 2.78. The third-order valence-electron chi connectivity index (χ3n) is 3.69. The molecular formula is C19H14Cl3NO3. The lowest BCUT2D eigenvalue weighted by Crippen LogP contribution is -2.31. The first-order chi connectivity index (χ1) is 12.3. The van der Waals surface area contributed by atoms with Crippen LogP contribution < -0.4 is 9.64 Å². The molecule has 7 heteroatoms. The van der Waals surface area contributed by atoms with Gasteiger partial charge in [0, 0.05) is 10.6 Å². The van der Waals surface area contributed by atoms with Crippen molar-refractivity contribution in [1.82, 2.24) is 0 Å². The fraction of sp³-hybridized carbons (Fsp3) is 0.158. The molecule has 134 valence electrons. The number of ether oxygens (including phenoxy) is 1. The first-order valence-electron chi connectivity index (χ1n) is 7.80. The van der Waals surface area contributed by atoms with Crippen molar-refractivity contribution in [1.29, 1.82) is 0 Å². The number of rotatable bonds is 4.